The number of aromatic nitrogens is 4. The molecule has 37 heavy (non-hydrogen) atoms. The fraction of sp³-hybridized carbons (Fsp3) is 0.316. The first kappa shape index (κ1) is 34.8. The topological polar surface area (TPSA) is 39.0 Å². The van der Waals surface area contributed by atoms with E-state index < -0.39 is 9.14 Å². The average molecular weight is 864 g/mol. The van der Waals surface area contributed by atoms with E-state index in [0.717, 1.165) is 0 Å². The first-order valence-electron chi connectivity index (χ1n) is 10.0. The van der Waals surface area contributed by atoms with Gasteiger partial charge in [0.2, 0.25) is 0 Å². The van der Waals surface area contributed by atoms with Crippen LogP contribution >= 0.6 is 123 Å². The maximum absolute atomic E-state index is 6.49. The standard InChI is InChI=1S/C19H18Cl6N5.6ClH.Sb/c1-9(2)26-19-28(17-13(22)5-11(20)6-14(17)23)27-30(29(19)10(3)4)18-15(24)7-12(21)8-16(18)25;;;;;;;/h5-10H,1-4H3;6*1H;/q+1;;;;;;;+5/p-6. The molecule has 3 rings (SSSR count). The monoisotopic (exact) mass is 857 g/mol. The number of rotatable bonds is 4. The van der Waals surface area contributed by atoms with Gasteiger partial charge in [-0.25, -0.2) is 0 Å². The molecule has 0 aliphatic heterocycles. The number of halogens is 12. The third-order valence-electron chi connectivity index (χ3n) is 4.01. The van der Waals surface area contributed by atoms with Crippen LogP contribution < -0.4 is 10.3 Å². The third kappa shape index (κ3) is 11.1. The maximum atomic E-state index is 6.49. The van der Waals surface area contributed by atoms with E-state index in [1.54, 1.807) is 33.7 Å². The van der Waals surface area contributed by atoms with Crippen molar-refractivity contribution in [2.45, 2.75) is 39.8 Å². The van der Waals surface area contributed by atoms with E-state index in [-0.39, 0.29) is 12.1 Å². The molecule has 0 fully saturated rings. The van der Waals surface area contributed by atoms with Gasteiger partial charge in [-0.05, 0) is 56.8 Å². The van der Waals surface area contributed by atoms with Gasteiger partial charge in [0.25, 0.3) is 0 Å². The van der Waals surface area contributed by atoms with Crippen molar-refractivity contribution in [3.63, 3.8) is 0 Å². The van der Waals surface area contributed by atoms with E-state index >= 15 is 0 Å². The number of nitrogens with zero attached hydrogens (tertiary/aromatic N) is 5. The van der Waals surface area contributed by atoms with Gasteiger partial charge >= 0.3 is 67.7 Å². The van der Waals surface area contributed by atoms with Crippen LogP contribution in [0.15, 0.2) is 29.3 Å². The summed E-state index contributed by atoms with van der Waals surface area (Å²) in [4.78, 5) is 6.34. The van der Waals surface area contributed by atoms with Crippen molar-refractivity contribution in [3.8, 4) is 11.4 Å². The number of hydrogen-bond donors (Lipinski definition) is 0. The van der Waals surface area contributed by atoms with Gasteiger partial charge in [0.05, 0.1) is 32.2 Å². The number of hydrogen-bond acceptors (Lipinski definition) is 2. The van der Waals surface area contributed by atoms with E-state index in [4.69, 9.17) is 133 Å². The Kier molecular flexibility index (Phi) is 11.4. The molecule has 0 radical (unpaired) electrons. The molecular weight excluding hydrogens is 845 g/mol. The van der Waals surface area contributed by atoms with Crippen LogP contribution in [0.25, 0.3) is 11.4 Å². The van der Waals surface area contributed by atoms with Gasteiger partial charge in [0, 0.05) is 15.3 Å². The molecule has 0 saturated heterocycles. The minimum atomic E-state index is -5.42. The van der Waals surface area contributed by atoms with Crippen LogP contribution in [0.5, 0.6) is 0 Å². The summed E-state index contributed by atoms with van der Waals surface area (Å²) in [7, 11) is 25.0. The quantitative estimate of drug-likeness (QED) is 0.190. The van der Waals surface area contributed by atoms with Crippen LogP contribution in [-0.4, -0.2) is 29.9 Å². The molecule has 0 spiro atoms. The molecule has 1 aromatic heterocycles. The summed E-state index contributed by atoms with van der Waals surface area (Å²) >= 11 is 38.1. The molecule has 0 bridgehead atoms. The van der Waals surface area contributed by atoms with E-state index in [1.807, 2.05) is 32.4 Å². The van der Waals surface area contributed by atoms with Gasteiger partial charge in [-0.2, -0.15) is 0 Å². The van der Waals surface area contributed by atoms with E-state index in [9.17, 15) is 0 Å². The summed E-state index contributed by atoms with van der Waals surface area (Å²) in [6.07, 6.45) is 0. The molecule has 0 amide bonds. The van der Waals surface area contributed by atoms with Crippen LogP contribution in [0.3, 0.4) is 0 Å². The molecule has 0 unspecified atom stereocenters. The summed E-state index contributed by atoms with van der Waals surface area (Å²) < 4.78 is 3.41. The van der Waals surface area contributed by atoms with E-state index in [1.165, 1.54) is 0 Å². The summed E-state index contributed by atoms with van der Waals surface area (Å²) in [6, 6.07) is 6.28. The van der Waals surface area contributed by atoms with Crippen molar-refractivity contribution >= 4 is 132 Å². The molecule has 0 saturated carbocycles. The van der Waals surface area contributed by atoms with Gasteiger partial charge < -0.3 is 0 Å². The molecule has 18 heteroatoms. The van der Waals surface area contributed by atoms with Crippen molar-refractivity contribution in [3.05, 3.63) is 60.0 Å². The molecule has 0 atom stereocenters. The zero-order valence-corrected chi connectivity index (χ0v) is 30.8. The van der Waals surface area contributed by atoms with Crippen LogP contribution in [0.2, 0.25) is 30.1 Å². The summed E-state index contributed by atoms with van der Waals surface area (Å²) in [5.41, 5.74) is 1.40. The normalized spacial score (nSPS) is 14.5. The van der Waals surface area contributed by atoms with Gasteiger partial charge in [0.1, 0.15) is 0 Å². The summed E-state index contributed by atoms with van der Waals surface area (Å²) in [6.45, 7) is 7.90. The van der Waals surface area contributed by atoms with E-state index in [2.05, 4.69) is 0 Å². The molecule has 1 heterocycles. The zero-order chi connectivity index (χ0) is 28.7. The van der Waals surface area contributed by atoms with Crippen molar-refractivity contribution < 1.29 is 4.68 Å². The van der Waals surface area contributed by atoms with Gasteiger partial charge in [0.15, 0.2) is 11.4 Å². The Bertz CT molecular complexity index is 1330. The number of benzene rings is 2. The Morgan fingerprint density at radius 3 is 1.46 bits per heavy atom. The molecule has 0 aliphatic rings. The Labute approximate surface area is 264 Å². The van der Waals surface area contributed by atoms with E-state index in [0.29, 0.717) is 47.1 Å². The van der Waals surface area contributed by atoms with Crippen molar-refractivity contribution in [2.24, 2.45) is 4.99 Å². The average Bonchev–Trinajstić information content (AvgIpc) is 2.95. The van der Waals surface area contributed by atoms with Crippen LogP contribution in [-0.2, 0) is 0 Å². The molecule has 0 N–H and O–H groups in total. The van der Waals surface area contributed by atoms with Crippen molar-refractivity contribution in [2.75, 3.05) is 0 Å². The zero-order valence-electron chi connectivity index (χ0n) is 19.2. The second-order valence-corrected chi connectivity index (χ2v) is 67.4. The SMILES string of the molecule is CC(C)N=c1n(C(C)C)n(-c2c(Cl)cc(Cl)cc2Cl)n[n+]1-c1c(Cl)cc(Cl)cc1Cl.[Cl][Sb-]([Cl])([Cl])([Cl])([Cl])[Cl]. The van der Waals surface area contributed by atoms with Gasteiger partial charge in [-0.15, -0.1) is 9.67 Å². The molecule has 3 aromatic rings. The fourth-order valence-corrected chi connectivity index (χ4v) is 4.85. The third-order valence-corrected chi connectivity index (χ3v) is 5.60. The molecule has 208 valence electrons. The molecule has 2 aromatic carbocycles. The van der Waals surface area contributed by atoms with Gasteiger partial charge in [-0.3, -0.25) is 0 Å². The second kappa shape index (κ2) is 12.1. The number of tetrazole rings is 1. The van der Waals surface area contributed by atoms with Crippen molar-refractivity contribution in [1.82, 2.24) is 14.7 Å². The van der Waals surface area contributed by atoms with Crippen molar-refractivity contribution in [1.29, 1.82) is 0 Å². The Morgan fingerprint density at radius 1 is 0.730 bits per heavy atom. The minimum absolute atomic E-state index is 0.0417. The predicted octanol–water partition coefficient (Wildman–Crippen LogP) is 10.5. The second-order valence-electron chi connectivity index (χ2n) is 8.05. The first-order valence-corrected chi connectivity index (χ1v) is 31.7. The van der Waals surface area contributed by atoms with Crippen LogP contribution in [0.1, 0.15) is 33.7 Å². The summed E-state index contributed by atoms with van der Waals surface area (Å²) in [5, 5.41) is 6.86. The summed E-state index contributed by atoms with van der Waals surface area (Å²) in [5.74, 6) is 0. The fourth-order valence-electron chi connectivity index (χ4n) is 2.90. The molecule has 5 nitrogen and oxygen atoms in total. The first-order chi connectivity index (χ1) is 16.5. The Hall–Kier alpha value is 1.61. The Morgan fingerprint density at radius 2 is 1.11 bits per heavy atom. The van der Waals surface area contributed by atoms with Gasteiger partial charge in [-0.1, -0.05) is 74.3 Å². The molecular formula is C19H18Cl12N5Sb. The molecule has 0 aliphatic carbocycles. The Balaban J connectivity index is 0.000000604. The van der Waals surface area contributed by atoms with Crippen LogP contribution in [0.4, 0.5) is 0 Å². The predicted molar refractivity (Wildman–Crippen MR) is 165 cm³/mol. The van der Waals surface area contributed by atoms with Crippen LogP contribution in [0, 0.1) is 0 Å².